The topological polar surface area (TPSA) is 79.3 Å². The van der Waals surface area contributed by atoms with Crippen LogP contribution in [0.15, 0.2) is 65.9 Å². The Bertz CT molecular complexity index is 963. The molecule has 2 atom stereocenters. The molecule has 1 aliphatic carbocycles. The Labute approximate surface area is 186 Å². The maximum absolute atomic E-state index is 6.33. The highest BCUT2D eigenvalue weighted by atomic mass is 15.2. The maximum atomic E-state index is 6.33. The Hall–Kier alpha value is -2.92. The number of hydrogen-bond donors (Lipinski definition) is 4. The molecule has 0 spiro atoms. The lowest BCUT2D eigenvalue weighted by atomic mass is 9.90. The number of hydrogen-bond acceptors (Lipinski definition) is 5. The molecule has 0 aromatic heterocycles. The third-order valence-corrected chi connectivity index (χ3v) is 6.31. The Morgan fingerprint density at radius 2 is 1.77 bits per heavy atom. The number of para-hydroxylation sites is 1. The Balaban J connectivity index is 1.64. The molecule has 2 aromatic carbocycles. The van der Waals surface area contributed by atoms with Gasteiger partial charge in [-0.25, -0.2) is 0 Å². The molecule has 31 heavy (non-hydrogen) atoms. The summed E-state index contributed by atoms with van der Waals surface area (Å²) < 4.78 is 0. The monoisotopic (exact) mass is 417 g/mol. The van der Waals surface area contributed by atoms with Crippen molar-refractivity contribution in [2.45, 2.75) is 51.6 Å². The summed E-state index contributed by atoms with van der Waals surface area (Å²) in [5.74, 6) is 0. The van der Waals surface area contributed by atoms with Crippen LogP contribution < -0.4 is 27.0 Å². The highest BCUT2D eigenvalue weighted by Gasteiger charge is 2.35. The van der Waals surface area contributed by atoms with Crippen molar-refractivity contribution in [3.63, 3.8) is 0 Å². The fraction of sp³-hybridized carbons (Fsp3) is 0.385. The normalized spacial score (nSPS) is 19.6. The van der Waals surface area contributed by atoms with Gasteiger partial charge in [0.05, 0.1) is 23.5 Å². The number of nitrogens with two attached hydrogens (primary N) is 2. The molecular weight excluding hydrogens is 382 g/mol. The van der Waals surface area contributed by atoms with E-state index in [4.69, 9.17) is 11.5 Å². The molecule has 0 radical (unpaired) electrons. The van der Waals surface area contributed by atoms with Gasteiger partial charge in [-0.3, -0.25) is 0 Å². The average molecular weight is 418 g/mol. The van der Waals surface area contributed by atoms with E-state index in [9.17, 15) is 0 Å². The predicted octanol–water partition coefficient (Wildman–Crippen LogP) is 5.03. The first kappa shape index (κ1) is 21.3. The summed E-state index contributed by atoms with van der Waals surface area (Å²) in [6.07, 6.45) is 9.13. The first-order valence-corrected chi connectivity index (χ1v) is 11.4. The van der Waals surface area contributed by atoms with Crippen molar-refractivity contribution < 1.29 is 0 Å². The predicted molar refractivity (Wildman–Crippen MR) is 133 cm³/mol. The zero-order valence-electron chi connectivity index (χ0n) is 18.7. The quantitative estimate of drug-likeness (QED) is 0.453. The molecule has 4 rings (SSSR count). The lowest BCUT2D eigenvalue weighted by Crippen LogP contribution is -2.48. The molecule has 0 saturated heterocycles. The van der Waals surface area contributed by atoms with Crippen molar-refractivity contribution in [1.82, 2.24) is 0 Å². The molecule has 2 aliphatic rings. The number of rotatable bonds is 8. The van der Waals surface area contributed by atoms with Gasteiger partial charge < -0.3 is 27.0 Å². The van der Waals surface area contributed by atoms with Crippen LogP contribution in [0.4, 0.5) is 22.7 Å². The van der Waals surface area contributed by atoms with Crippen molar-refractivity contribution >= 4 is 22.7 Å². The van der Waals surface area contributed by atoms with Gasteiger partial charge >= 0.3 is 0 Å². The van der Waals surface area contributed by atoms with E-state index in [2.05, 4.69) is 84.0 Å². The van der Waals surface area contributed by atoms with E-state index in [1.165, 1.54) is 35.5 Å². The summed E-state index contributed by atoms with van der Waals surface area (Å²) in [5, 5.41) is 7.41. The molecule has 2 unspecified atom stereocenters. The van der Waals surface area contributed by atoms with Gasteiger partial charge in [0.15, 0.2) is 0 Å². The van der Waals surface area contributed by atoms with E-state index >= 15 is 0 Å². The lowest BCUT2D eigenvalue weighted by molar-refractivity contribution is 0.661. The standard InChI is InChI=1S/C26H35N5/c1-18-14-23-25(16-21(18)28)31(20-10-6-5-7-11-20)26-17-22(19(2)15-24(26)30-23)29-13-9-4-3-8-12-27/h5-7,10-11,14-17,23,25,29-30H,3-4,8-9,12-13,27-28H2,1-2H3. The smallest absolute Gasteiger partial charge is 0.0783 e. The summed E-state index contributed by atoms with van der Waals surface area (Å²) in [5.41, 5.74) is 19.9. The summed E-state index contributed by atoms with van der Waals surface area (Å²) in [4.78, 5) is 2.41. The Kier molecular flexibility index (Phi) is 6.52. The van der Waals surface area contributed by atoms with Crippen LogP contribution in [-0.4, -0.2) is 25.2 Å². The molecule has 2 aromatic rings. The first-order valence-electron chi connectivity index (χ1n) is 11.4. The number of unbranched alkanes of at least 4 members (excludes halogenated alkanes) is 3. The number of benzene rings is 2. The van der Waals surface area contributed by atoms with Gasteiger partial charge in [-0.05, 0) is 74.7 Å². The van der Waals surface area contributed by atoms with Gasteiger partial charge in [0.2, 0.25) is 0 Å². The van der Waals surface area contributed by atoms with Crippen LogP contribution in [-0.2, 0) is 0 Å². The molecule has 0 bridgehead atoms. The van der Waals surface area contributed by atoms with Gasteiger partial charge in [0.1, 0.15) is 0 Å². The minimum Gasteiger partial charge on any atom is -0.399 e. The van der Waals surface area contributed by atoms with Crippen LogP contribution in [0.1, 0.15) is 38.2 Å². The fourth-order valence-electron chi connectivity index (χ4n) is 4.53. The molecule has 6 N–H and O–H groups in total. The van der Waals surface area contributed by atoms with Crippen LogP contribution in [0.25, 0.3) is 0 Å². The van der Waals surface area contributed by atoms with Crippen LogP contribution in [0.5, 0.6) is 0 Å². The number of allylic oxidation sites excluding steroid dienone is 1. The number of nitrogens with one attached hydrogen (secondary N) is 2. The number of anilines is 4. The van der Waals surface area contributed by atoms with E-state index in [-0.39, 0.29) is 12.1 Å². The van der Waals surface area contributed by atoms with Crippen LogP contribution in [0.2, 0.25) is 0 Å². The van der Waals surface area contributed by atoms with Gasteiger partial charge in [0.25, 0.3) is 0 Å². The van der Waals surface area contributed by atoms with Crippen molar-refractivity contribution in [2.75, 3.05) is 28.6 Å². The Morgan fingerprint density at radius 1 is 1.00 bits per heavy atom. The van der Waals surface area contributed by atoms with Crippen LogP contribution >= 0.6 is 0 Å². The van der Waals surface area contributed by atoms with E-state index in [0.29, 0.717) is 0 Å². The third-order valence-electron chi connectivity index (χ3n) is 6.31. The summed E-state index contributed by atoms with van der Waals surface area (Å²) >= 11 is 0. The minimum absolute atomic E-state index is 0.130. The van der Waals surface area contributed by atoms with E-state index in [1.54, 1.807) is 0 Å². The third kappa shape index (κ3) is 4.57. The molecule has 164 valence electrons. The van der Waals surface area contributed by atoms with Gasteiger partial charge in [-0.1, -0.05) is 37.1 Å². The van der Waals surface area contributed by atoms with Crippen LogP contribution in [0.3, 0.4) is 0 Å². The number of fused-ring (bicyclic) bond motifs is 2. The second kappa shape index (κ2) is 9.48. The first-order chi connectivity index (χ1) is 15.1. The summed E-state index contributed by atoms with van der Waals surface area (Å²) in [6.45, 7) is 6.02. The average Bonchev–Trinajstić information content (AvgIpc) is 2.77. The summed E-state index contributed by atoms with van der Waals surface area (Å²) in [6, 6.07) is 15.5. The number of nitrogens with zero attached hydrogens (tertiary/aromatic N) is 1. The largest absolute Gasteiger partial charge is 0.399 e. The van der Waals surface area contributed by atoms with Crippen molar-refractivity contribution in [2.24, 2.45) is 11.5 Å². The molecular formula is C26H35N5. The molecule has 0 amide bonds. The number of aryl methyl sites for hydroxylation is 1. The molecule has 1 aliphatic heterocycles. The molecule has 1 heterocycles. The minimum atomic E-state index is 0.130. The highest BCUT2D eigenvalue weighted by Crippen LogP contribution is 2.44. The second-order valence-corrected chi connectivity index (χ2v) is 8.65. The van der Waals surface area contributed by atoms with E-state index in [1.807, 2.05) is 0 Å². The van der Waals surface area contributed by atoms with Gasteiger partial charge in [-0.2, -0.15) is 0 Å². The molecule has 0 saturated carbocycles. The summed E-state index contributed by atoms with van der Waals surface area (Å²) in [7, 11) is 0. The zero-order valence-corrected chi connectivity index (χ0v) is 18.7. The van der Waals surface area contributed by atoms with Crippen molar-refractivity contribution in [1.29, 1.82) is 0 Å². The van der Waals surface area contributed by atoms with E-state index < -0.39 is 0 Å². The lowest BCUT2D eigenvalue weighted by Gasteiger charge is -2.44. The second-order valence-electron chi connectivity index (χ2n) is 8.65. The van der Waals surface area contributed by atoms with Gasteiger partial charge in [-0.15, -0.1) is 0 Å². The SMILES string of the molecule is CC1=CC2Nc3cc(C)c(NCCCCCCN)cc3N(c3ccccc3)C2C=C1N. The zero-order chi connectivity index (χ0) is 21.8. The molecule has 5 heteroatoms. The van der Waals surface area contributed by atoms with Crippen molar-refractivity contribution in [3.8, 4) is 0 Å². The van der Waals surface area contributed by atoms with Crippen LogP contribution in [0, 0.1) is 6.92 Å². The van der Waals surface area contributed by atoms with Crippen molar-refractivity contribution in [3.05, 3.63) is 71.5 Å². The highest BCUT2D eigenvalue weighted by molar-refractivity contribution is 5.85. The fourth-order valence-corrected chi connectivity index (χ4v) is 4.53. The van der Waals surface area contributed by atoms with E-state index in [0.717, 1.165) is 42.9 Å². The molecule has 0 fully saturated rings. The Morgan fingerprint density at radius 3 is 2.55 bits per heavy atom. The van der Waals surface area contributed by atoms with Gasteiger partial charge in [0, 0.05) is 23.6 Å². The molecule has 5 nitrogen and oxygen atoms in total. The maximum Gasteiger partial charge on any atom is 0.0783 e.